The Morgan fingerprint density at radius 3 is 1.24 bits per heavy atom. The van der Waals surface area contributed by atoms with Crippen LogP contribution in [0.2, 0.25) is 0 Å². The fourth-order valence-corrected chi connectivity index (χ4v) is 13.8. The van der Waals surface area contributed by atoms with Crippen LogP contribution in [0.1, 0.15) is 0 Å². The second-order valence-corrected chi connectivity index (χ2v) is 20.3. The van der Waals surface area contributed by atoms with Gasteiger partial charge in [0.2, 0.25) is 0 Å². The molecule has 0 aliphatic heterocycles. The van der Waals surface area contributed by atoms with Gasteiger partial charge in [0.05, 0.1) is 21.4 Å². The van der Waals surface area contributed by atoms with E-state index in [0.717, 1.165) is 33.4 Å². The van der Waals surface area contributed by atoms with Gasteiger partial charge in [0.15, 0.2) is 17.5 Å². The highest BCUT2D eigenvalue weighted by Crippen LogP contribution is 2.47. The lowest BCUT2D eigenvalue weighted by molar-refractivity contribution is 1.07. The van der Waals surface area contributed by atoms with Crippen LogP contribution in [0.15, 0.2) is 194 Å². The number of hydrogen-bond donors (Lipinski definition) is 0. The van der Waals surface area contributed by atoms with E-state index in [4.69, 9.17) is 15.0 Å². The molecule has 0 bridgehead atoms. The normalized spacial score (nSPS) is 12.2. The summed E-state index contributed by atoms with van der Waals surface area (Å²) in [6, 6.07) is 70.8. The Balaban J connectivity index is 1.06. The van der Waals surface area contributed by atoms with Gasteiger partial charge in [0.25, 0.3) is 0 Å². The number of aromatic nitrogens is 4. The average Bonchev–Trinajstić information content (AvgIpc) is 4.13. The zero-order valence-corrected chi connectivity index (χ0v) is 37.4. The van der Waals surface area contributed by atoms with Crippen molar-refractivity contribution in [3.8, 4) is 39.9 Å². The molecule has 0 N–H and O–H groups in total. The Morgan fingerprint density at radius 1 is 0.303 bits per heavy atom. The van der Waals surface area contributed by atoms with Crippen molar-refractivity contribution in [2.75, 3.05) is 0 Å². The Hall–Kier alpha value is -7.81. The molecular weight excluding hydrogens is 861 g/mol. The van der Waals surface area contributed by atoms with Crippen LogP contribution < -0.4 is 0 Å². The fraction of sp³-hybridized carbons (Fsp3) is 0. The fourth-order valence-electron chi connectivity index (χ4n) is 10.3. The van der Waals surface area contributed by atoms with Crippen LogP contribution in [0.25, 0.3) is 144 Å². The van der Waals surface area contributed by atoms with Gasteiger partial charge in [-0.05, 0) is 82.2 Å². The Morgan fingerprint density at radius 2 is 0.712 bits per heavy atom. The molecule has 4 nitrogen and oxygen atoms in total. The third-order valence-corrected chi connectivity index (χ3v) is 16.9. The third kappa shape index (κ3) is 5.39. The second-order valence-electron chi connectivity index (χ2n) is 17.1. The number of hydrogen-bond acceptors (Lipinski definition) is 6. The second kappa shape index (κ2) is 13.8. The first kappa shape index (κ1) is 36.5. The lowest BCUT2D eigenvalue weighted by atomic mass is 10.0. The van der Waals surface area contributed by atoms with E-state index in [0.29, 0.717) is 17.5 Å². The van der Waals surface area contributed by atoms with Crippen LogP contribution in [0.4, 0.5) is 0 Å². The minimum atomic E-state index is 0.633. The highest BCUT2D eigenvalue weighted by atomic mass is 32.1. The van der Waals surface area contributed by atoms with Gasteiger partial charge in [0.1, 0.15) is 0 Å². The van der Waals surface area contributed by atoms with Gasteiger partial charge >= 0.3 is 0 Å². The van der Waals surface area contributed by atoms with E-state index in [1.54, 1.807) is 0 Å². The highest BCUT2D eigenvalue weighted by Gasteiger charge is 2.25. The lowest BCUT2D eigenvalue weighted by Crippen LogP contribution is -2.04. The van der Waals surface area contributed by atoms with Crippen molar-refractivity contribution in [2.24, 2.45) is 0 Å². The van der Waals surface area contributed by atoms with Crippen molar-refractivity contribution in [2.45, 2.75) is 0 Å². The number of rotatable bonds is 4. The molecule has 0 unspecified atom stereocenters. The topological polar surface area (TPSA) is 43.6 Å². The average molecular weight is 893 g/mol. The molecule has 0 radical (unpaired) electrons. The summed E-state index contributed by atoms with van der Waals surface area (Å²) in [6.07, 6.45) is 0. The summed E-state index contributed by atoms with van der Waals surface area (Å²) in [4.78, 5) is 16.4. The Bertz CT molecular complexity index is 4320. The van der Waals surface area contributed by atoms with Crippen LogP contribution in [0.3, 0.4) is 0 Å². The maximum Gasteiger partial charge on any atom is 0.166 e. The Kier molecular flexibility index (Phi) is 7.66. The van der Waals surface area contributed by atoms with Crippen LogP contribution in [0, 0.1) is 0 Å². The maximum absolute atomic E-state index is 5.52. The number of fused-ring (bicyclic) bond motifs is 14. The van der Waals surface area contributed by atoms with Crippen molar-refractivity contribution >= 4 is 138 Å². The first-order chi connectivity index (χ1) is 32.7. The molecule has 0 atom stereocenters. The van der Waals surface area contributed by atoms with Crippen LogP contribution >= 0.6 is 34.0 Å². The van der Waals surface area contributed by atoms with Crippen molar-refractivity contribution < 1.29 is 0 Å². The third-order valence-electron chi connectivity index (χ3n) is 13.4. The minimum Gasteiger partial charge on any atom is -0.307 e. The molecule has 0 spiro atoms. The smallest absolute Gasteiger partial charge is 0.166 e. The molecule has 0 saturated carbocycles. The molecular formula is C59H32N4S3. The van der Waals surface area contributed by atoms with Gasteiger partial charge in [-0.25, -0.2) is 15.0 Å². The van der Waals surface area contributed by atoms with Gasteiger partial charge in [-0.1, -0.05) is 133 Å². The summed E-state index contributed by atoms with van der Waals surface area (Å²) in [5.41, 5.74) is 6.23. The molecule has 0 aliphatic rings. The summed E-state index contributed by atoms with van der Waals surface area (Å²) >= 11 is 5.46. The largest absolute Gasteiger partial charge is 0.307 e. The van der Waals surface area contributed by atoms with Gasteiger partial charge < -0.3 is 4.57 Å². The minimum absolute atomic E-state index is 0.633. The summed E-state index contributed by atoms with van der Waals surface area (Å²) in [7, 11) is 0. The molecule has 5 heterocycles. The lowest BCUT2D eigenvalue weighted by Gasteiger charge is -2.16. The van der Waals surface area contributed by atoms with Gasteiger partial charge in [-0.15, -0.1) is 34.0 Å². The summed E-state index contributed by atoms with van der Waals surface area (Å²) in [6.45, 7) is 0. The molecule has 0 amide bonds. The summed E-state index contributed by atoms with van der Waals surface area (Å²) in [5, 5.41) is 14.7. The van der Waals surface area contributed by atoms with Gasteiger partial charge in [-0.3, -0.25) is 0 Å². The van der Waals surface area contributed by atoms with Gasteiger partial charge in [-0.2, -0.15) is 0 Å². The molecule has 0 saturated heterocycles. The summed E-state index contributed by atoms with van der Waals surface area (Å²) in [5.74, 6) is 1.92. The molecule has 5 aromatic heterocycles. The van der Waals surface area contributed by atoms with Crippen LogP contribution in [-0.4, -0.2) is 19.5 Å². The zero-order chi connectivity index (χ0) is 43.0. The number of nitrogens with zero attached hydrogens (tertiary/aromatic N) is 4. The van der Waals surface area contributed by atoms with E-state index in [1.165, 1.54) is 92.8 Å². The SMILES string of the molecule is c1ccc2cc3c(cc2c1)c1cc2ccccc2cc1n3-c1c(-c2nc(-c3ccc4c(c3)sc3ccccc34)nc(-c3ccc4c(c3)sc3ccccc34)n2)ccc2c1sc1ccccc12. The molecule has 15 rings (SSSR count). The molecule has 7 heteroatoms. The molecule has 66 heavy (non-hydrogen) atoms. The molecule has 10 aromatic carbocycles. The predicted molar refractivity (Wildman–Crippen MR) is 284 cm³/mol. The first-order valence-electron chi connectivity index (χ1n) is 22.1. The monoisotopic (exact) mass is 892 g/mol. The van der Waals surface area contributed by atoms with Crippen molar-refractivity contribution in [3.63, 3.8) is 0 Å². The zero-order valence-electron chi connectivity index (χ0n) is 35.0. The van der Waals surface area contributed by atoms with Crippen LogP contribution in [0.5, 0.6) is 0 Å². The van der Waals surface area contributed by atoms with Crippen molar-refractivity contribution in [1.82, 2.24) is 19.5 Å². The molecule has 0 aliphatic carbocycles. The van der Waals surface area contributed by atoms with E-state index in [1.807, 2.05) is 34.0 Å². The van der Waals surface area contributed by atoms with E-state index >= 15 is 0 Å². The molecule has 306 valence electrons. The number of benzene rings is 10. The highest BCUT2D eigenvalue weighted by molar-refractivity contribution is 7.26. The van der Waals surface area contributed by atoms with Crippen molar-refractivity contribution in [3.05, 3.63) is 194 Å². The van der Waals surface area contributed by atoms with E-state index in [9.17, 15) is 0 Å². The van der Waals surface area contributed by atoms with Crippen LogP contribution in [-0.2, 0) is 0 Å². The van der Waals surface area contributed by atoms with E-state index in [-0.39, 0.29) is 0 Å². The van der Waals surface area contributed by atoms with E-state index in [2.05, 4.69) is 199 Å². The first-order valence-corrected chi connectivity index (χ1v) is 24.5. The maximum atomic E-state index is 5.52. The standard InChI is InChI=1S/C59H32N4S3/c1-3-13-35-29-48-46(27-33(35)11-1)47-28-34-12-2-4-14-36(34)30-49(47)63(48)55-45(26-25-44-41-17-7-10-20-52(41)66-56(44)55)59-61-57(37-21-23-42-39-15-5-8-18-50(39)64-53(42)31-37)60-58(62-59)38-22-24-43-40-16-6-9-19-51(40)65-54(43)32-38/h1-32H. The molecule has 0 fully saturated rings. The quantitative estimate of drug-likeness (QED) is 0.177. The predicted octanol–water partition coefficient (Wildman–Crippen LogP) is 17.4. The van der Waals surface area contributed by atoms with Gasteiger partial charge in [0, 0.05) is 83.3 Å². The Labute approximate surface area is 388 Å². The van der Waals surface area contributed by atoms with Crippen molar-refractivity contribution in [1.29, 1.82) is 0 Å². The summed E-state index contributed by atoms with van der Waals surface area (Å²) < 4.78 is 9.90. The molecule has 15 aromatic rings. The van der Waals surface area contributed by atoms with E-state index < -0.39 is 0 Å². The number of thiophene rings is 3.